The first-order valence-corrected chi connectivity index (χ1v) is 11.3. The molecule has 152 valence electrons. The first-order valence-electron chi connectivity index (χ1n) is 9.02. The monoisotopic (exact) mass is 432 g/mol. The smallest absolute Gasteiger partial charge is 0.315 e. The summed E-state index contributed by atoms with van der Waals surface area (Å²) in [5.41, 5.74) is 0.858. The van der Waals surface area contributed by atoms with E-state index in [-0.39, 0.29) is 11.3 Å². The van der Waals surface area contributed by atoms with Crippen LogP contribution in [0.4, 0.5) is 5.69 Å². The Morgan fingerprint density at radius 2 is 1.76 bits per heavy atom. The zero-order valence-corrected chi connectivity index (χ0v) is 17.4. The molecule has 8 nitrogen and oxygen atoms in total. The van der Waals surface area contributed by atoms with Gasteiger partial charge in [0.15, 0.2) is 0 Å². The number of sulfonamides is 1. The number of piperazine rings is 1. The van der Waals surface area contributed by atoms with Crippen LogP contribution in [0.2, 0.25) is 0 Å². The summed E-state index contributed by atoms with van der Waals surface area (Å²) in [7, 11) is -2.03. The van der Waals surface area contributed by atoms with E-state index in [0.29, 0.717) is 41.8 Å². The van der Waals surface area contributed by atoms with Gasteiger partial charge in [-0.15, -0.1) is 11.3 Å². The molecule has 0 amide bonds. The molecule has 1 fully saturated rings. The summed E-state index contributed by atoms with van der Waals surface area (Å²) in [5.74, 6) is 0.193. The number of aromatic nitrogens is 2. The van der Waals surface area contributed by atoms with E-state index in [0.717, 1.165) is 0 Å². The molecule has 3 aromatic rings. The second kappa shape index (κ2) is 7.97. The van der Waals surface area contributed by atoms with Crippen LogP contribution in [0.3, 0.4) is 0 Å². The predicted octanol–water partition coefficient (Wildman–Crippen LogP) is 1.81. The lowest BCUT2D eigenvalue weighted by Gasteiger charge is -2.35. The Kier molecular flexibility index (Phi) is 5.39. The lowest BCUT2D eigenvalue weighted by Crippen LogP contribution is -2.49. The summed E-state index contributed by atoms with van der Waals surface area (Å²) in [6.07, 6.45) is 1.59. The maximum absolute atomic E-state index is 12.9. The van der Waals surface area contributed by atoms with E-state index in [9.17, 15) is 13.2 Å². The van der Waals surface area contributed by atoms with Gasteiger partial charge in [0.2, 0.25) is 5.75 Å². The van der Waals surface area contributed by atoms with Crippen LogP contribution in [-0.2, 0) is 10.0 Å². The molecule has 0 spiro atoms. The van der Waals surface area contributed by atoms with Crippen LogP contribution in [0, 0.1) is 0 Å². The van der Waals surface area contributed by atoms with E-state index >= 15 is 0 Å². The Labute approximate surface area is 172 Å². The Morgan fingerprint density at radius 1 is 1.03 bits per heavy atom. The fraction of sp³-hybridized carbons (Fsp3) is 0.263. The van der Waals surface area contributed by atoms with Gasteiger partial charge in [0, 0.05) is 26.2 Å². The third kappa shape index (κ3) is 3.66. The van der Waals surface area contributed by atoms with Crippen molar-refractivity contribution in [3.63, 3.8) is 0 Å². The molecular weight excluding hydrogens is 412 g/mol. The van der Waals surface area contributed by atoms with Gasteiger partial charge in [-0.1, -0.05) is 24.3 Å². The van der Waals surface area contributed by atoms with E-state index < -0.39 is 10.0 Å². The molecule has 3 heterocycles. The molecule has 0 N–H and O–H groups in total. The number of para-hydroxylation sites is 1. The van der Waals surface area contributed by atoms with Crippen LogP contribution < -0.4 is 15.2 Å². The van der Waals surface area contributed by atoms with Gasteiger partial charge in [0.25, 0.3) is 10.0 Å². The van der Waals surface area contributed by atoms with Gasteiger partial charge in [-0.2, -0.15) is 14.1 Å². The number of nitrogens with zero attached hydrogens (tertiary/aromatic N) is 4. The highest BCUT2D eigenvalue weighted by Gasteiger charge is 2.30. The molecule has 0 saturated carbocycles. The zero-order valence-electron chi connectivity index (χ0n) is 15.8. The van der Waals surface area contributed by atoms with Gasteiger partial charge in [0.05, 0.1) is 19.0 Å². The normalized spacial score (nSPS) is 15.4. The fourth-order valence-electron chi connectivity index (χ4n) is 3.31. The molecule has 1 aliphatic rings. The van der Waals surface area contributed by atoms with Crippen molar-refractivity contribution in [1.82, 2.24) is 14.1 Å². The van der Waals surface area contributed by atoms with Crippen molar-refractivity contribution in [2.24, 2.45) is 0 Å². The highest BCUT2D eigenvalue weighted by atomic mass is 32.2. The van der Waals surface area contributed by atoms with Crippen molar-refractivity contribution in [3.05, 3.63) is 64.4 Å². The van der Waals surface area contributed by atoms with Crippen LogP contribution in [-0.4, -0.2) is 55.8 Å². The maximum Gasteiger partial charge on any atom is 0.315 e. The molecular formula is C19H20N4O4S2. The second-order valence-corrected chi connectivity index (χ2v) is 9.55. The first kappa shape index (κ1) is 19.6. The second-order valence-electron chi connectivity index (χ2n) is 6.44. The van der Waals surface area contributed by atoms with Crippen LogP contribution in [0.25, 0.3) is 5.69 Å². The Morgan fingerprint density at radius 3 is 2.38 bits per heavy atom. The molecule has 1 saturated heterocycles. The number of benzene rings is 1. The number of methoxy groups -OCH3 is 1. The van der Waals surface area contributed by atoms with Gasteiger partial charge in [-0.05, 0) is 23.6 Å². The molecule has 29 heavy (non-hydrogen) atoms. The largest absolute Gasteiger partial charge is 0.490 e. The standard InChI is InChI=1S/C19H20N4O4S2/c1-27-18-16(14-20-23(19(18)24)15-6-3-2-4-7-15)21-9-11-22(12-10-21)29(25,26)17-8-5-13-28-17/h2-8,13-14H,9-12H2,1H3. The summed E-state index contributed by atoms with van der Waals surface area (Å²) in [6, 6.07) is 12.5. The zero-order chi connectivity index (χ0) is 20.4. The molecule has 0 bridgehead atoms. The van der Waals surface area contributed by atoms with E-state index in [1.165, 1.54) is 27.4 Å². The number of hydrogen-bond acceptors (Lipinski definition) is 7. The SMILES string of the molecule is COc1c(N2CCN(S(=O)(=O)c3cccs3)CC2)cnn(-c2ccccc2)c1=O. The summed E-state index contributed by atoms with van der Waals surface area (Å²) < 4.78 is 33.9. The van der Waals surface area contributed by atoms with Crippen LogP contribution in [0.15, 0.2) is 63.0 Å². The first-order chi connectivity index (χ1) is 14.0. The van der Waals surface area contributed by atoms with Crippen molar-refractivity contribution in [1.29, 1.82) is 0 Å². The minimum atomic E-state index is -3.48. The Hall–Kier alpha value is -2.69. The number of rotatable bonds is 5. The van der Waals surface area contributed by atoms with Crippen LogP contribution in [0.1, 0.15) is 0 Å². The molecule has 10 heteroatoms. The van der Waals surface area contributed by atoms with Gasteiger partial charge >= 0.3 is 5.56 Å². The molecule has 0 unspecified atom stereocenters. The minimum Gasteiger partial charge on any atom is -0.490 e. The van der Waals surface area contributed by atoms with Crippen molar-refractivity contribution in [2.75, 3.05) is 38.2 Å². The number of anilines is 1. The van der Waals surface area contributed by atoms with Crippen LogP contribution >= 0.6 is 11.3 Å². The van der Waals surface area contributed by atoms with Crippen molar-refractivity contribution < 1.29 is 13.2 Å². The number of thiophene rings is 1. The maximum atomic E-state index is 12.9. The summed E-state index contributed by atoms with van der Waals surface area (Å²) in [4.78, 5) is 14.8. The Bertz CT molecular complexity index is 1140. The van der Waals surface area contributed by atoms with E-state index in [1.807, 2.05) is 23.1 Å². The number of hydrogen-bond donors (Lipinski definition) is 0. The van der Waals surface area contributed by atoms with E-state index in [2.05, 4.69) is 5.10 Å². The average Bonchev–Trinajstić information content (AvgIpc) is 3.30. The fourth-order valence-corrected chi connectivity index (χ4v) is 5.87. The third-order valence-corrected chi connectivity index (χ3v) is 8.06. The van der Waals surface area contributed by atoms with Crippen molar-refractivity contribution in [2.45, 2.75) is 4.21 Å². The molecule has 1 aromatic carbocycles. The average molecular weight is 433 g/mol. The van der Waals surface area contributed by atoms with Gasteiger partial charge in [0.1, 0.15) is 9.90 Å². The summed E-state index contributed by atoms with van der Waals surface area (Å²) in [5, 5.41) is 6.04. The minimum absolute atomic E-state index is 0.193. The van der Waals surface area contributed by atoms with Gasteiger partial charge in [-0.3, -0.25) is 4.79 Å². The topological polar surface area (TPSA) is 84.7 Å². The van der Waals surface area contributed by atoms with E-state index in [1.54, 1.807) is 35.8 Å². The van der Waals surface area contributed by atoms with Gasteiger partial charge in [-0.25, -0.2) is 8.42 Å². The van der Waals surface area contributed by atoms with Crippen molar-refractivity contribution in [3.8, 4) is 11.4 Å². The third-order valence-electron chi connectivity index (χ3n) is 4.79. The molecule has 0 atom stereocenters. The molecule has 1 aliphatic heterocycles. The van der Waals surface area contributed by atoms with E-state index in [4.69, 9.17) is 4.74 Å². The van der Waals surface area contributed by atoms with Gasteiger partial charge < -0.3 is 9.64 Å². The summed E-state index contributed by atoms with van der Waals surface area (Å²) in [6.45, 7) is 1.53. The predicted molar refractivity (Wildman–Crippen MR) is 112 cm³/mol. The van der Waals surface area contributed by atoms with Crippen LogP contribution in [0.5, 0.6) is 5.75 Å². The molecule has 2 aromatic heterocycles. The quantitative estimate of drug-likeness (QED) is 0.611. The molecule has 0 aliphatic carbocycles. The summed E-state index contributed by atoms with van der Waals surface area (Å²) >= 11 is 1.21. The number of ether oxygens (including phenoxy) is 1. The lowest BCUT2D eigenvalue weighted by molar-refractivity contribution is 0.375. The Balaban J connectivity index is 1.57. The molecule has 0 radical (unpaired) electrons. The highest BCUT2D eigenvalue weighted by molar-refractivity contribution is 7.91. The lowest BCUT2D eigenvalue weighted by atomic mass is 10.3. The highest BCUT2D eigenvalue weighted by Crippen LogP contribution is 2.27. The van der Waals surface area contributed by atoms with Crippen molar-refractivity contribution >= 4 is 27.0 Å². The molecule has 4 rings (SSSR count).